The number of hydrogen-bond donors (Lipinski definition) is 1. The number of benzene rings is 1. The van der Waals surface area contributed by atoms with Crippen molar-refractivity contribution >= 4 is 5.69 Å². The fourth-order valence-corrected chi connectivity index (χ4v) is 2.24. The van der Waals surface area contributed by atoms with Crippen LogP contribution in [0.2, 0.25) is 0 Å². The van der Waals surface area contributed by atoms with Crippen molar-refractivity contribution in [1.82, 2.24) is 0 Å². The molecule has 1 rings (SSSR count). The smallest absolute Gasteiger partial charge is 0.0378 e. The van der Waals surface area contributed by atoms with Crippen LogP contribution in [0.25, 0.3) is 0 Å². The Balaban J connectivity index is 3.60. The molecule has 1 aromatic carbocycles. The first-order chi connectivity index (χ1) is 6.37. The van der Waals surface area contributed by atoms with Crippen molar-refractivity contribution in [3.8, 4) is 0 Å². The third-order valence-electron chi connectivity index (χ3n) is 3.32. The van der Waals surface area contributed by atoms with E-state index in [1.807, 2.05) is 0 Å². The van der Waals surface area contributed by atoms with Gasteiger partial charge < -0.3 is 5.73 Å². The molecule has 0 heterocycles. The molecule has 0 amide bonds. The molecule has 1 heteroatoms. The van der Waals surface area contributed by atoms with Gasteiger partial charge in [0.2, 0.25) is 0 Å². The Kier molecular flexibility index (Phi) is 2.89. The highest BCUT2D eigenvalue weighted by Crippen LogP contribution is 2.32. The highest BCUT2D eigenvalue weighted by molar-refractivity contribution is 5.62. The predicted molar refractivity (Wildman–Crippen MR) is 63.9 cm³/mol. The van der Waals surface area contributed by atoms with Crippen molar-refractivity contribution in [1.29, 1.82) is 0 Å². The molecule has 0 radical (unpaired) electrons. The minimum absolute atomic E-state index is 0.577. The molecule has 0 saturated carbocycles. The minimum atomic E-state index is 0.577. The Morgan fingerprint density at radius 3 is 1.43 bits per heavy atom. The van der Waals surface area contributed by atoms with Crippen molar-refractivity contribution in [3.05, 3.63) is 27.8 Å². The van der Waals surface area contributed by atoms with Gasteiger partial charge in [-0.25, -0.2) is 0 Å². The summed E-state index contributed by atoms with van der Waals surface area (Å²) in [5.41, 5.74) is 13.7. The maximum absolute atomic E-state index is 6.05. The Bertz CT molecular complexity index is 333. The third kappa shape index (κ3) is 1.52. The first-order valence-corrected chi connectivity index (χ1v) is 5.23. The summed E-state index contributed by atoms with van der Waals surface area (Å²) in [5.74, 6) is 0.577. The van der Waals surface area contributed by atoms with Gasteiger partial charge in [0.05, 0.1) is 0 Å². The Morgan fingerprint density at radius 1 is 0.786 bits per heavy atom. The molecule has 0 fully saturated rings. The molecule has 0 unspecified atom stereocenters. The lowest BCUT2D eigenvalue weighted by molar-refractivity contribution is 0.841. The first-order valence-electron chi connectivity index (χ1n) is 5.23. The average Bonchev–Trinajstić information content (AvgIpc) is 2.11. The van der Waals surface area contributed by atoms with Crippen LogP contribution in [0.4, 0.5) is 5.69 Å². The molecular formula is C13H21N. The number of nitrogens with two attached hydrogens (primary N) is 1. The lowest BCUT2D eigenvalue weighted by Crippen LogP contribution is -2.05. The lowest BCUT2D eigenvalue weighted by atomic mass is 9.86. The van der Waals surface area contributed by atoms with Crippen LogP contribution >= 0.6 is 0 Å². The zero-order valence-corrected chi connectivity index (χ0v) is 10.2. The van der Waals surface area contributed by atoms with E-state index in [0.29, 0.717) is 5.92 Å². The second-order valence-electron chi connectivity index (χ2n) is 4.48. The van der Waals surface area contributed by atoms with E-state index in [9.17, 15) is 0 Å². The molecule has 0 aliphatic rings. The standard InChI is InChI=1S/C13H21N/c1-7(2)12-8(3)10(5)13(14)11(6)9(12)4/h7H,14H2,1-6H3. The Labute approximate surface area is 87.3 Å². The van der Waals surface area contributed by atoms with E-state index in [2.05, 4.69) is 41.5 Å². The van der Waals surface area contributed by atoms with Gasteiger partial charge in [-0.1, -0.05) is 13.8 Å². The van der Waals surface area contributed by atoms with Gasteiger partial charge in [-0.15, -0.1) is 0 Å². The van der Waals surface area contributed by atoms with E-state index in [1.54, 1.807) is 0 Å². The summed E-state index contributed by atoms with van der Waals surface area (Å²) in [6.07, 6.45) is 0. The zero-order chi connectivity index (χ0) is 11.0. The van der Waals surface area contributed by atoms with Crippen molar-refractivity contribution in [2.45, 2.75) is 47.5 Å². The van der Waals surface area contributed by atoms with E-state index < -0.39 is 0 Å². The summed E-state index contributed by atoms with van der Waals surface area (Å²) in [4.78, 5) is 0. The highest BCUT2D eigenvalue weighted by atomic mass is 14.6. The molecule has 0 aliphatic carbocycles. The zero-order valence-electron chi connectivity index (χ0n) is 10.2. The molecule has 2 N–H and O–H groups in total. The fourth-order valence-electron chi connectivity index (χ4n) is 2.24. The summed E-state index contributed by atoms with van der Waals surface area (Å²) in [5, 5.41) is 0. The third-order valence-corrected chi connectivity index (χ3v) is 3.32. The maximum atomic E-state index is 6.05. The average molecular weight is 191 g/mol. The van der Waals surface area contributed by atoms with Gasteiger partial charge in [-0.2, -0.15) is 0 Å². The second kappa shape index (κ2) is 3.64. The molecule has 0 atom stereocenters. The Morgan fingerprint density at radius 2 is 1.14 bits per heavy atom. The maximum Gasteiger partial charge on any atom is 0.0378 e. The molecule has 0 saturated heterocycles. The number of hydrogen-bond acceptors (Lipinski definition) is 1. The van der Waals surface area contributed by atoms with Gasteiger partial charge in [0.1, 0.15) is 0 Å². The van der Waals surface area contributed by atoms with Gasteiger partial charge in [0.25, 0.3) is 0 Å². The summed E-state index contributed by atoms with van der Waals surface area (Å²) in [6.45, 7) is 13.1. The van der Waals surface area contributed by atoms with Crippen LogP contribution in [0.1, 0.15) is 47.6 Å². The molecule has 1 aromatic rings. The van der Waals surface area contributed by atoms with Crippen LogP contribution in [0.5, 0.6) is 0 Å². The van der Waals surface area contributed by atoms with E-state index in [-0.39, 0.29) is 0 Å². The number of anilines is 1. The summed E-state index contributed by atoms with van der Waals surface area (Å²) >= 11 is 0. The van der Waals surface area contributed by atoms with E-state index in [1.165, 1.54) is 27.8 Å². The van der Waals surface area contributed by atoms with E-state index >= 15 is 0 Å². The van der Waals surface area contributed by atoms with Gasteiger partial charge in [-0.3, -0.25) is 0 Å². The van der Waals surface area contributed by atoms with Gasteiger partial charge in [0, 0.05) is 5.69 Å². The van der Waals surface area contributed by atoms with Crippen LogP contribution in [0.15, 0.2) is 0 Å². The van der Waals surface area contributed by atoms with E-state index in [4.69, 9.17) is 5.73 Å². The van der Waals surface area contributed by atoms with Gasteiger partial charge in [0.15, 0.2) is 0 Å². The van der Waals surface area contributed by atoms with Crippen molar-refractivity contribution in [2.24, 2.45) is 0 Å². The monoisotopic (exact) mass is 191 g/mol. The largest absolute Gasteiger partial charge is 0.398 e. The molecule has 78 valence electrons. The SMILES string of the molecule is Cc1c(C)c(C(C)C)c(C)c(C)c1N. The van der Waals surface area contributed by atoms with Crippen LogP contribution in [-0.2, 0) is 0 Å². The molecule has 14 heavy (non-hydrogen) atoms. The number of nitrogen functional groups attached to an aromatic ring is 1. The topological polar surface area (TPSA) is 26.0 Å². The van der Waals surface area contributed by atoms with Crippen LogP contribution in [-0.4, -0.2) is 0 Å². The molecule has 1 nitrogen and oxygen atoms in total. The van der Waals surface area contributed by atoms with Crippen molar-refractivity contribution in [3.63, 3.8) is 0 Å². The van der Waals surface area contributed by atoms with Crippen molar-refractivity contribution < 1.29 is 0 Å². The van der Waals surface area contributed by atoms with Gasteiger partial charge in [-0.05, 0) is 61.4 Å². The highest BCUT2D eigenvalue weighted by Gasteiger charge is 2.14. The van der Waals surface area contributed by atoms with Gasteiger partial charge >= 0.3 is 0 Å². The molecule has 0 aromatic heterocycles. The number of rotatable bonds is 1. The first kappa shape index (κ1) is 11.1. The Hall–Kier alpha value is -0.980. The fraction of sp³-hybridized carbons (Fsp3) is 0.538. The van der Waals surface area contributed by atoms with Crippen LogP contribution < -0.4 is 5.73 Å². The van der Waals surface area contributed by atoms with Crippen LogP contribution in [0, 0.1) is 27.7 Å². The molecule has 0 spiro atoms. The molecule has 0 bridgehead atoms. The molecular weight excluding hydrogens is 170 g/mol. The second-order valence-corrected chi connectivity index (χ2v) is 4.48. The predicted octanol–water partition coefficient (Wildman–Crippen LogP) is 3.63. The summed E-state index contributed by atoms with van der Waals surface area (Å²) < 4.78 is 0. The normalized spacial score (nSPS) is 11.1. The summed E-state index contributed by atoms with van der Waals surface area (Å²) in [6, 6.07) is 0. The lowest BCUT2D eigenvalue weighted by Gasteiger charge is -2.20. The van der Waals surface area contributed by atoms with E-state index in [0.717, 1.165) is 5.69 Å². The van der Waals surface area contributed by atoms with Crippen molar-refractivity contribution in [2.75, 3.05) is 5.73 Å². The molecule has 0 aliphatic heterocycles. The summed E-state index contributed by atoms with van der Waals surface area (Å²) in [7, 11) is 0. The quantitative estimate of drug-likeness (QED) is 0.674. The van der Waals surface area contributed by atoms with Crippen LogP contribution in [0.3, 0.4) is 0 Å². The minimum Gasteiger partial charge on any atom is -0.398 e.